The first-order valence-corrected chi connectivity index (χ1v) is 6.47. The van der Waals surface area contributed by atoms with Crippen LogP contribution in [-0.4, -0.2) is 23.5 Å². The molecule has 0 fully saturated rings. The maximum Gasteiger partial charge on any atom is 0.299 e. The van der Waals surface area contributed by atoms with E-state index in [1.807, 2.05) is 5.32 Å². The molecule has 0 aliphatic carbocycles. The second-order valence-electron chi connectivity index (χ2n) is 4.69. The number of carbonyl (C=O) groups is 4. The standard InChI is InChI=1S/C16H10N2O4/c19-13-12-8-10(6-7-11(12)15(21)18-16(13)22)17-14(20)9-4-2-1-3-5-9/h1-8H,(H,17,20)(H,18,21,22). The maximum absolute atomic E-state index is 12.1. The predicted molar refractivity (Wildman–Crippen MR) is 77.6 cm³/mol. The highest BCUT2D eigenvalue weighted by Gasteiger charge is 2.30. The minimum Gasteiger partial charge on any atom is -0.322 e. The molecule has 0 bridgehead atoms. The second-order valence-corrected chi connectivity index (χ2v) is 4.69. The molecule has 3 amide bonds. The highest BCUT2D eigenvalue weighted by molar-refractivity contribution is 6.49. The zero-order chi connectivity index (χ0) is 15.7. The summed E-state index contributed by atoms with van der Waals surface area (Å²) in [7, 11) is 0. The highest BCUT2D eigenvalue weighted by atomic mass is 16.2. The molecule has 1 aliphatic heterocycles. The minimum absolute atomic E-state index is 0.0142. The fourth-order valence-electron chi connectivity index (χ4n) is 2.15. The fourth-order valence-corrected chi connectivity index (χ4v) is 2.15. The van der Waals surface area contributed by atoms with E-state index in [1.54, 1.807) is 30.3 Å². The summed E-state index contributed by atoms with van der Waals surface area (Å²) in [4.78, 5) is 46.8. The Labute approximate surface area is 125 Å². The number of hydrogen-bond acceptors (Lipinski definition) is 4. The predicted octanol–water partition coefficient (Wildman–Crippen LogP) is 1.39. The van der Waals surface area contributed by atoms with Gasteiger partial charge in [0.2, 0.25) is 0 Å². The molecule has 1 aliphatic rings. The molecular weight excluding hydrogens is 284 g/mol. The average molecular weight is 294 g/mol. The molecule has 6 heteroatoms. The van der Waals surface area contributed by atoms with Crippen LogP contribution in [0.25, 0.3) is 0 Å². The monoisotopic (exact) mass is 294 g/mol. The first-order valence-electron chi connectivity index (χ1n) is 6.47. The number of anilines is 1. The van der Waals surface area contributed by atoms with Crippen molar-refractivity contribution in [1.29, 1.82) is 0 Å². The van der Waals surface area contributed by atoms with Crippen molar-refractivity contribution in [2.45, 2.75) is 0 Å². The van der Waals surface area contributed by atoms with E-state index in [2.05, 4.69) is 5.32 Å². The smallest absolute Gasteiger partial charge is 0.299 e. The molecule has 0 unspecified atom stereocenters. The van der Waals surface area contributed by atoms with Crippen molar-refractivity contribution in [3.63, 3.8) is 0 Å². The summed E-state index contributed by atoms with van der Waals surface area (Å²) in [5.74, 6) is -2.74. The van der Waals surface area contributed by atoms with E-state index < -0.39 is 17.6 Å². The van der Waals surface area contributed by atoms with Gasteiger partial charge in [0.25, 0.3) is 23.5 Å². The van der Waals surface area contributed by atoms with Gasteiger partial charge in [-0.25, -0.2) is 0 Å². The largest absolute Gasteiger partial charge is 0.322 e. The Bertz CT molecular complexity index is 812. The van der Waals surface area contributed by atoms with Crippen LogP contribution in [0.4, 0.5) is 5.69 Å². The molecule has 6 nitrogen and oxygen atoms in total. The molecule has 0 saturated carbocycles. The van der Waals surface area contributed by atoms with Crippen molar-refractivity contribution in [2.75, 3.05) is 5.32 Å². The molecule has 2 N–H and O–H groups in total. The van der Waals surface area contributed by atoms with Crippen molar-refractivity contribution in [1.82, 2.24) is 5.32 Å². The molecule has 0 spiro atoms. The van der Waals surface area contributed by atoms with E-state index in [0.717, 1.165) is 0 Å². The quantitative estimate of drug-likeness (QED) is 0.646. The number of Topliss-reactive ketones (excluding diaryl/α,β-unsaturated/α-hetero) is 1. The lowest BCUT2D eigenvalue weighted by atomic mass is 9.98. The number of nitrogens with one attached hydrogen (secondary N) is 2. The van der Waals surface area contributed by atoms with Crippen molar-refractivity contribution in [3.8, 4) is 0 Å². The van der Waals surface area contributed by atoms with Crippen molar-refractivity contribution in [3.05, 3.63) is 65.2 Å². The van der Waals surface area contributed by atoms with Gasteiger partial charge in [0, 0.05) is 16.8 Å². The lowest BCUT2D eigenvalue weighted by molar-refractivity contribution is -0.116. The number of rotatable bonds is 2. The van der Waals surface area contributed by atoms with Crippen LogP contribution in [0.5, 0.6) is 0 Å². The van der Waals surface area contributed by atoms with Gasteiger partial charge in [-0.3, -0.25) is 24.5 Å². The van der Waals surface area contributed by atoms with Gasteiger partial charge in [-0.15, -0.1) is 0 Å². The Balaban J connectivity index is 1.91. The molecular formula is C16H10N2O4. The lowest BCUT2D eigenvalue weighted by Gasteiger charge is -2.15. The molecule has 0 radical (unpaired) electrons. The summed E-state index contributed by atoms with van der Waals surface area (Å²) in [6, 6.07) is 12.8. The zero-order valence-corrected chi connectivity index (χ0v) is 11.3. The second kappa shape index (κ2) is 5.25. The Hall–Kier alpha value is -3.28. The van der Waals surface area contributed by atoms with Gasteiger partial charge in [0.05, 0.1) is 5.56 Å². The zero-order valence-electron chi connectivity index (χ0n) is 11.3. The molecule has 2 aromatic rings. The van der Waals surface area contributed by atoms with E-state index >= 15 is 0 Å². The van der Waals surface area contributed by atoms with Crippen LogP contribution in [0, 0.1) is 0 Å². The minimum atomic E-state index is -0.968. The summed E-state index contributed by atoms with van der Waals surface area (Å²) < 4.78 is 0. The van der Waals surface area contributed by atoms with Crippen LogP contribution in [0.2, 0.25) is 0 Å². The molecule has 3 rings (SSSR count). The average Bonchev–Trinajstić information content (AvgIpc) is 2.53. The van der Waals surface area contributed by atoms with E-state index in [1.165, 1.54) is 18.2 Å². The molecule has 2 aromatic carbocycles. The van der Waals surface area contributed by atoms with E-state index in [9.17, 15) is 19.2 Å². The van der Waals surface area contributed by atoms with Gasteiger partial charge in [0.1, 0.15) is 0 Å². The summed E-state index contributed by atoms with van der Waals surface area (Å²) in [6.07, 6.45) is 0. The summed E-state index contributed by atoms with van der Waals surface area (Å²) in [5, 5.41) is 4.58. The van der Waals surface area contributed by atoms with Crippen LogP contribution in [-0.2, 0) is 4.79 Å². The summed E-state index contributed by atoms with van der Waals surface area (Å²) >= 11 is 0. The van der Waals surface area contributed by atoms with Gasteiger partial charge in [-0.2, -0.15) is 0 Å². The topological polar surface area (TPSA) is 92.3 Å². The van der Waals surface area contributed by atoms with Gasteiger partial charge in [0.15, 0.2) is 0 Å². The van der Waals surface area contributed by atoms with Crippen LogP contribution >= 0.6 is 0 Å². The highest BCUT2D eigenvalue weighted by Crippen LogP contribution is 2.20. The number of amides is 3. The maximum atomic E-state index is 12.1. The fraction of sp³-hybridized carbons (Fsp3) is 0. The molecule has 22 heavy (non-hydrogen) atoms. The van der Waals surface area contributed by atoms with Gasteiger partial charge < -0.3 is 5.32 Å². The molecule has 0 aromatic heterocycles. The van der Waals surface area contributed by atoms with Gasteiger partial charge in [-0.1, -0.05) is 18.2 Å². The Morgan fingerprint density at radius 1 is 0.864 bits per heavy atom. The number of imide groups is 1. The Morgan fingerprint density at radius 3 is 2.32 bits per heavy atom. The number of benzene rings is 2. The first-order chi connectivity index (χ1) is 10.6. The third-order valence-corrected chi connectivity index (χ3v) is 3.24. The van der Waals surface area contributed by atoms with Crippen LogP contribution in [0.3, 0.4) is 0 Å². The van der Waals surface area contributed by atoms with Gasteiger partial charge >= 0.3 is 0 Å². The molecule has 0 saturated heterocycles. The summed E-state index contributed by atoms with van der Waals surface area (Å²) in [5.41, 5.74) is 0.894. The molecule has 108 valence electrons. The van der Waals surface area contributed by atoms with E-state index in [-0.39, 0.29) is 17.0 Å². The molecule has 0 atom stereocenters. The van der Waals surface area contributed by atoms with Crippen LogP contribution in [0.15, 0.2) is 48.5 Å². The number of carbonyl (C=O) groups excluding carboxylic acids is 4. The Kier molecular flexibility index (Phi) is 3.27. The van der Waals surface area contributed by atoms with Gasteiger partial charge in [-0.05, 0) is 30.3 Å². The van der Waals surface area contributed by atoms with Crippen molar-refractivity contribution >= 4 is 29.2 Å². The Morgan fingerprint density at radius 2 is 1.59 bits per heavy atom. The SMILES string of the molecule is O=C1NC(=O)c2ccc(NC(=O)c3ccccc3)cc2C1=O. The lowest BCUT2D eigenvalue weighted by Crippen LogP contribution is -2.42. The van der Waals surface area contributed by atoms with Crippen LogP contribution in [0.1, 0.15) is 31.1 Å². The number of ketones is 1. The first kappa shape index (κ1) is 13.7. The molecule has 1 heterocycles. The number of hydrogen-bond donors (Lipinski definition) is 2. The third-order valence-electron chi connectivity index (χ3n) is 3.24. The number of fused-ring (bicyclic) bond motifs is 1. The van der Waals surface area contributed by atoms with Crippen molar-refractivity contribution in [2.24, 2.45) is 0 Å². The van der Waals surface area contributed by atoms with E-state index in [4.69, 9.17) is 0 Å². The third kappa shape index (κ3) is 2.37. The van der Waals surface area contributed by atoms with Crippen LogP contribution < -0.4 is 10.6 Å². The van der Waals surface area contributed by atoms with E-state index in [0.29, 0.717) is 11.3 Å². The summed E-state index contributed by atoms with van der Waals surface area (Å²) in [6.45, 7) is 0. The normalized spacial score (nSPS) is 13.4. The van der Waals surface area contributed by atoms with Crippen molar-refractivity contribution < 1.29 is 19.2 Å².